The predicted octanol–water partition coefficient (Wildman–Crippen LogP) is 5.55. The van der Waals surface area contributed by atoms with Gasteiger partial charge in [0.1, 0.15) is 5.75 Å². The fourth-order valence-corrected chi connectivity index (χ4v) is 3.17. The van der Waals surface area contributed by atoms with Gasteiger partial charge < -0.3 is 14.8 Å². The summed E-state index contributed by atoms with van der Waals surface area (Å²) in [7, 11) is 1.69. The fourth-order valence-electron chi connectivity index (χ4n) is 3.17. The van der Waals surface area contributed by atoms with Crippen LogP contribution in [-0.2, 0) is 11.3 Å². The number of allylic oxidation sites excluding steroid dienone is 3. The van der Waals surface area contributed by atoms with Crippen molar-refractivity contribution in [1.29, 1.82) is 0 Å². The number of likely N-dealkylation sites (tertiary alicyclic amines) is 1. The first kappa shape index (κ1) is 25.3. The molecule has 0 spiro atoms. The van der Waals surface area contributed by atoms with Crippen molar-refractivity contribution in [1.82, 2.24) is 10.2 Å². The third-order valence-electron chi connectivity index (χ3n) is 4.85. The summed E-state index contributed by atoms with van der Waals surface area (Å²) in [6.45, 7) is 14.2. The molecule has 164 valence electrons. The maximum Gasteiger partial charge on any atom is 0.119 e. The molecular formula is C25H42N2O2. The number of nitrogens with one attached hydrogen (secondary N) is 1. The topological polar surface area (TPSA) is 33.7 Å². The number of ether oxygens (including phenoxy) is 2. The lowest BCUT2D eigenvalue weighted by molar-refractivity contribution is 0.220. The van der Waals surface area contributed by atoms with Gasteiger partial charge >= 0.3 is 0 Å². The van der Waals surface area contributed by atoms with E-state index in [4.69, 9.17) is 9.47 Å². The van der Waals surface area contributed by atoms with Gasteiger partial charge in [0.15, 0.2) is 0 Å². The summed E-state index contributed by atoms with van der Waals surface area (Å²) in [6.07, 6.45) is 9.14. The van der Waals surface area contributed by atoms with Crippen molar-refractivity contribution in [2.45, 2.75) is 59.9 Å². The second-order valence-corrected chi connectivity index (χ2v) is 7.36. The molecule has 1 aliphatic heterocycles. The van der Waals surface area contributed by atoms with Crippen molar-refractivity contribution in [3.8, 4) is 5.75 Å². The standard InChI is InChI=1S/C23H36N2O2.C2H6/c1-20(11-12-21(2)26-3)18-24-13-8-16-27-23-10-7-9-22(17-23)19-25-14-5-4-6-15-25;1-2/h7,9-12,17,24H,4-6,8,13-16,18-19H2,1-3H3;1-2H3/b20-11+,21-12+;. The normalized spacial score (nSPS) is 15.5. The molecule has 29 heavy (non-hydrogen) atoms. The van der Waals surface area contributed by atoms with Crippen molar-refractivity contribution in [3.63, 3.8) is 0 Å². The molecular weight excluding hydrogens is 360 g/mol. The molecule has 1 aliphatic rings. The summed E-state index contributed by atoms with van der Waals surface area (Å²) in [6, 6.07) is 8.57. The highest BCUT2D eigenvalue weighted by atomic mass is 16.5. The van der Waals surface area contributed by atoms with Crippen LogP contribution in [0, 0.1) is 0 Å². The first-order valence-electron chi connectivity index (χ1n) is 11.2. The highest BCUT2D eigenvalue weighted by molar-refractivity contribution is 5.28. The Morgan fingerprint density at radius 2 is 1.86 bits per heavy atom. The number of piperidine rings is 1. The van der Waals surface area contributed by atoms with E-state index in [-0.39, 0.29) is 0 Å². The first-order valence-corrected chi connectivity index (χ1v) is 11.2. The van der Waals surface area contributed by atoms with Gasteiger partial charge in [0, 0.05) is 13.1 Å². The minimum absolute atomic E-state index is 0.742. The Labute approximate surface area is 179 Å². The van der Waals surface area contributed by atoms with Crippen LogP contribution < -0.4 is 10.1 Å². The van der Waals surface area contributed by atoms with Gasteiger partial charge in [-0.05, 0) is 76.5 Å². The SMILES string of the molecule is CC.CO/C(C)=C/C=C(\C)CNCCCOc1cccc(CN2CCCCC2)c1. The predicted molar refractivity (Wildman–Crippen MR) is 124 cm³/mol. The molecule has 1 heterocycles. The van der Waals surface area contributed by atoms with E-state index < -0.39 is 0 Å². The van der Waals surface area contributed by atoms with Gasteiger partial charge in [-0.15, -0.1) is 0 Å². The van der Waals surface area contributed by atoms with E-state index in [1.165, 1.54) is 43.5 Å². The largest absolute Gasteiger partial charge is 0.501 e. The van der Waals surface area contributed by atoms with Gasteiger partial charge in [0.25, 0.3) is 0 Å². The van der Waals surface area contributed by atoms with Crippen LogP contribution >= 0.6 is 0 Å². The minimum Gasteiger partial charge on any atom is -0.501 e. The van der Waals surface area contributed by atoms with E-state index in [1.807, 2.05) is 26.8 Å². The number of methoxy groups -OCH3 is 1. The molecule has 1 fully saturated rings. The highest BCUT2D eigenvalue weighted by Gasteiger charge is 2.10. The Hall–Kier alpha value is -1.78. The Kier molecular flexibility index (Phi) is 14.0. The second-order valence-electron chi connectivity index (χ2n) is 7.36. The molecule has 0 atom stereocenters. The van der Waals surface area contributed by atoms with Crippen molar-refractivity contribution in [3.05, 3.63) is 53.3 Å². The lowest BCUT2D eigenvalue weighted by atomic mass is 10.1. The number of rotatable bonds is 11. The molecule has 4 nitrogen and oxygen atoms in total. The molecule has 0 aliphatic carbocycles. The van der Waals surface area contributed by atoms with Crippen LogP contribution in [0.5, 0.6) is 5.75 Å². The molecule has 0 radical (unpaired) electrons. The first-order chi connectivity index (χ1) is 14.2. The van der Waals surface area contributed by atoms with Crippen molar-refractivity contribution < 1.29 is 9.47 Å². The lowest BCUT2D eigenvalue weighted by Crippen LogP contribution is -2.29. The zero-order valence-corrected chi connectivity index (χ0v) is 19.3. The number of hydrogen-bond donors (Lipinski definition) is 1. The van der Waals surface area contributed by atoms with Crippen LogP contribution in [0.1, 0.15) is 58.9 Å². The van der Waals surface area contributed by atoms with Crippen LogP contribution in [0.4, 0.5) is 0 Å². The molecule has 0 saturated carbocycles. The minimum atomic E-state index is 0.742. The van der Waals surface area contributed by atoms with Crippen molar-refractivity contribution in [2.24, 2.45) is 0 Å². The van der Waals surface area contributed by atoms with E-state index in [0.717, 1.165) is 44.2 Å². The Morgan fingerprint density at radius 3 is 2.59 bits per heavy atom. The Bertz CT molecular complexity index is 605. The fraction of sp³-hybridized carbons (Fsp3) is 0.600. The van der Waals surface area contributed by atoms with Gasteiger partial charge in [-0.3, -0.25) is 4.90 Å². The molecule has 1 saturated heterocycles. The molecule has 1 aromatic carbocycles. The number of benzene rings is 1. The van der Waals surface area contributed by atoms with Crippen LogP contribution in [0.15, 0.2) is 47.7 Å². The number of hydrogen-bond acceptors (Lipinski definition) is 4. The van der Waals surface area contributed by atoms with Crippen LogP contribution in [-0.4, -0.2) is 44.8 Å². The van der Waals surface area contributed by atoms with Gasteiger partial charge in [-0.1, -0.05) is 44.1 Å². The Balaban J connectivity index is 0.00000204. The van der Waals surface area contributed by atoms with Crippen LogP contribution in [0.3, 0.4) is 0 Å². The third-order valence-corrected chi connectivity index (χ3v) is 4.85. The maximum atomic E-state index is 5.94. The summed E-state index contributed by atoms with van der Waals surface area (Å²) in [5.74, 6) is 1.91. The van der Waals surface area contributed by atoms with Crippen molar-refractivity contribution in [2.75, 3.05) is 39.9 Å². The van der Waals surface area contributed by atoms with E-state index in [2.05, 4.69) is 47.5 Å². The Morgan fingerprint density at radius 1 is 1.10 bits per heavy atom. The third kappa shape index (κ3) is 11.7. The van der Waals surface area contributed by atoms with E-state index >= 15 is 0 Å². The summed E-state index contributed by atoms with van der Waals surface area (Å²) in [5, 5.41) is 3.45. The summed E-state index contributed by atoms with van der Waals surface area (Å²) >= 11 is 0. The van der Waals surface area contributed by atoms with Crippen LogP contribution in [0.2, 0.25) is 0 Å². The smallest absolute Gasteiger partial charge is 0.119 e. The molecule has 1 aromatic rings. The molecule has 0 amide bonds. The van der Waals surface area contributed by atoms with Gasteiger partial charge in [-0.25, -0.2) is 0 Å². The van der Waals surface area contributed by atoms with Gasteiger partial charge in [0.05, 0.1) is 19.5 Å². The lowest BCUT2D eigenvalue weighted by Gasteiger charge is -2.26. The zero-order valence-electron chi connectivity index (χ0n) is 19.3. The van der Waals surface area contributed by atoms with E-state index in [9.17, 15) is 0 Å². The number of nitrogens with zero attached hydrogens (tertiary/aromatic N) is 1. The van der Waals surface area contributed by atoms with Gasteiger partial charge in [-0.2, -0.15) is 0 Å². The summed E-state index contributed by atoms with van der Waals surface area (Å²) < 4.78 is 11.1. The molecule has 0 unspecified atom stereocenters. The molecule has 0 bridgehead atoms. The maximum absolute atomic E-state index is 5.94. The second kappa shape index (κ2) is 16.1. The molecule has 4 heteroatoms. The quantitative estimate of drug-likeness (QED) is 0.299. The van der Waals surface area contributed by atoms with Crippen molar-refractivity contribution >= 4 is 0 Å². The summed E-state index contributed by atoms with van der Waals surface area (Å²) in [4.78, 5) is 2.55. The van der Waals surface area contributed by atoms with E-state index in [1.54, 1.807) is 7.11 Å². The monoisotopic (exact) mass is 402 g/mol. The molecule has 0 aromatic heterocycles. The molecule has 1 N–H and O–H groups in total. The van der Waals surface area contributed by atoms with Gasteiger partial charge in [0.2, 0.25) is 0 Å². The average molecular weight is 403 g/mol. The molecule has 2 rings (SSSR count). The zero-order chi connectivity index (χ0) is 21.3. The van der Waals surface area contributed by atoms with E-state index in [0.29, 0.717) is 0 Å². The highest BCUT2D eigenvalue weighted by Crippen LogP contribution is 2.17. The summed E-state index contributed by atoms with van der Waals surface area (Å²) in [5.41, 5.74) is 2.64. The average Bonchev–Trinajstić information content (AvgIpc) is 2.76. The van der Waals surface area contributed by atoms with Crippen LogP contribution in [0.25, 0.3) is 0 Å².